The minimum absolute atomic E-state index is 0.344. The molecule has 0 aliphatic heterocycles. The highest BCUT2D eigenvalue weighted by Crippen LogP contribution is 2.05. The van der Waals surface area contributed by atoms with Crippen molar-refractivity contribution in [1.82, 2.24) is 20.1 Å². The van der Waals surface area contributed by atoms with Gasteiger partial charge in [-0.25, -0.2) is 9.42 Å². The van der Waals surface area contributed by atoms with Gasteiger partial charge >= 0.3 is 5.97 Å². The Morgan fingerprint density at radius 2 is 2.35 bits per heavy atom. The van der Waals surface area contributed by atoms with Crippen LogP contribution in [0.1, 0.15) is 28.7 Å². The van der Waals surface area contributed by atoms with Gasteiger partial charge in [0.05, 0.1) is 24.9 Å². The molecule has 2 aromatic heterocycles. The van der Waals surface area contributed by atoms with Crippen molar-refractivity contribution >= 4 is 5.97 Å². The first kappa shape index (κ1) is 11.3. The molecule has 7 nitrogen and oxygen atoms in total. The number of aromatic nitrogens is 4. The van der Waals surface area contributed by atoms with Crippen LogP contribution in [0.3, 0.4) is 0 Å². The van der Waals surface area contributed by atoms with Gasteiger partial charge in [-0.05, 0) is 13.8 Å². The summed E-state index contributed by atoms with van der Waals surface area (Å²) >= 11 is 0. The second-order valence-corrected chi connectivity index (χ2v) is 3.44. The molecule has 0 saturated carbocycles. The first-order valence-corrected chi connectivity index (χ1v) is 5.18. The predicted molar refractivity (Wildman–Crippen MR) is 56.3 cm³/mol. The van der Waals surface area contributed by atoms with E-state index in [1.54, 1.807) is 24.7 Å². The molecule has 2 aromatic rings. The highest BCUT2D eigenvalue weighted by Gasteiger charge is 2.11. The number of hydrogen-bond donors (Lipinski definition) is 0. The van der Waals surface area contributed by atoms with E-state index in [0.717, 1.165) is 0 Å². The molecular formula is C10H12N4O3. The van der Waals surface area contributed by atoms with Crippen molar-refractivity contribution in [3.8, 4) is 0 Å². The maximum absolute atomic E-state index is 11.4. The molecule has 17 heavy (non-hydrogen) atoms. The second kappa shape index (κ2) is 4.77. The highest BCUT2D eigenvalue weighted by atomic mass is 16.6. The molecule has 0 N–H and O–H groups in total. The Bertz CT molecular complexity index is 517. The molecule has 90 valence electrons. The first-order chi connectivity index (χ1) is 8.20. The maximum Gasteiger partial charge on any atom is 0.341 e. The molecule has 7 heteroatoms. The summed E-state index contributed by atoms with van der Waals surface area (Å²) < 4.78 is 11.0. The molecule has 0 aromatic carbocycles. The van der Waals surface area contributed by atoms with Crippen molar-refractivity contribution in [2.45, 2.75) is 20.4 Å². The Morgan fingerprint density at radius 1 is 1.53 bits per heavy atom. The zero-order chi connectivity index (χ0) is 12.3. The number of aryl methyl sites for hydroxylation is 1. The molecule has 0 unspecified atom stereocenters. The lowest BCUT2D eigenvalue weighted by atomic mass is 10.3. The maximum atomic E-state index is 11.4. The lowest BCUT2D eigenvalue weighted by Crippen LogP contribution is -2.04. The van der Waals surface area contributed by atoms with Crippen molar-refractivity contribution in [3.05, 3.63) is 29.3 Å². The lowest BCUT2D eigenvalue weighted by Gasteiger charge is -1.97. The van der Waals surface area contributed by atoms with Gasteiger partial charge in [-0.15, -0.1) is 0 Å². The van der Waals surface area contributed by atoms with E-state index in [2.05, 4.69) is 20.0 Å². The molecule has 0 aliphatic carbocycles. The average Bonchev–Trinajstić information content (AvgIpc) is 2.90. The smallest absolute Gasteiger partial charge is 0.341 e. The van der Waals surface area contributed by atoms with Gasteiger partial charge in [-0.1, -0.05) is 10.3 Å². The summed E-state index contributed by atoms with van der Waals surface area (Å²) in [7, 11) is 0. The molecule has 2 heterocycles. The van der Waals surface area contributed by atoms with E-state index in [0.29, 0.717) is 30.1 Å². The first-order valence-electron chi connectivity index (χ1n) is 5.18. The fraction of sp³-hybridized carbons (Fsp3) is 0.400. The molecule has 0 aliphatic rings. The number of rotatable bonds is 4. The zero-order valence-corrected chi connectivity index (χ0v) is 9.58. The van der Waals surface area contributed by atoms with Crippen LogP contribution in [0.25, 0.3) is 0 Å². The van der Waals surface area contributed by atoms with E-state index in [4.69, 9.17) is 4.74 Å². The molecule has 0 atom stereocenters. The minimum Gasteiger partial charge on any atom is -0.462 e. The van der Waals surface area contributed by atoms with Gasteiger partial charge in [0.15, 0.2) is 0 Å². The highest BCUT2D eigenvalue weighted by molar-refractivity contribution is 5.88. The van der Waals surface area contributed by atoms with Gasteiger partial charge in [-0.3, -0.25) is 4.68 Å². The van der Waals surface area contributed by atoms with Crippen LogP contribution >= 0.6 is 0 Å². The van der Waals surface area contributed by atoms with Crippen LogP contribution in [0.5, 0.6) is 0 Å². The number of ether oxygens (including phenoxy) is 1. The van der Waals surface area contributed by atoms with Crippen LogP contribution < -0.4 is 0 Å². The Kier molecular flexibility index (Phi) is 3.17. The summed E-state index contributed by atoms with van der Waals surface area (Å²) in [5.41, 5.74) is 1.81. The van der Waals surface area contributed by atoms with Gasteiger partial charge in [0.1, 0.15) is 11.4 Å². The number of esters is 1. The van der Waals surface area contributed by atoms with E-state index < -0.39 is 0 Å². The van der Waals surface area contributed by atoms with Gasteiger partial charge in [0, 0.05) is 6.20 Å². The number of hydrogen-bond acceptors (Lipinski definition) is 6. The minimum atomic E-state index is -0.381. The van der Waals surface area contributed by atoms with E-state index in [1.165, 1.54) is 6.20 Å². The molecule has 2 rings (SSSR count). The fourth-order valence-corrected chi connectivity index (χ4v) is 1.32. The topological polar surface area (TPSA) is 83.0 Å². The molecule has 0 saturated heterocycles. The normalized spacial score (nSPS) is 10.5. The monoisotopic (exact) mass is 236 g/mol. The zero-order valence-electron chi connectivity index (χ0n) is 9.58. The number of carbonyl (C=O) groups excluding carboxylic acids is 1. The predicted octanol–water partition coefficient (Wildman–Crippen LogP) is 0.800. The van der Waals surface area contributed by atoms with E-state index >= 15 is 0 Å². The Hall–Kier alpha value is -2.18. The molecule has 0 spiro atoms. The van der Waals surface area contributed by atoms with Crippen LogP contribution in [0.2, 0.25) is 0 Å². The van der Waals surface area contributed by atoms with Crippen LogP contribution in [0.4, 0.5) is 0 Å². The number of carbonyl (C=O) groups is 1. The van der Waals surface area contributed by atoms with Gasteiger partial charge in [-0.2, -0.15) is 5.10 Å². The van der Waals surface area contributed by atoms with Crippen molar-refractivity contribution in [1.29, 1.82) is 0 Å². The van der Waals surface area contributed by atoms with Crippen LogP contribution in [-0.4, -0.2) is 32.7 Å². The fourth-order valence-electron chi connectivity index (χ4n) is 1.32. The summed E-state index contributed by atoms with van der Waals surface area (Å²) in [4.78, 5) is 11.4. The van der Waals surface area contributed by atoms with Crippen LogP contribution in [0.15, 0.2) is 17.0 Å². The Labute approximate surface area is 97.3 Å². The Balaban J connectivity index is 2.09. The van der Waals surface area contributed by atoms with Crippen molar-refractivity contribution in [2.24, 2.45) is 0 Å². The van der Waals surface area contributed by atoms with Gasteiger partial charge < -0.3 is 4.74 Å². The summed E-state index contributed by atoms with van der Waals surface area (Å²) in [6, 6.07) is 0. The van der Waals surface area contributed by atoms with Gasteiger partial charge in [0.25, 0.3) is 0 Å². The average molecular weight is 236 g/mol. The van der Waals surface area contributed by atoms with Crippen molar-refractivity contribution < 1.29 is 14.2 Å². The summed E-state index contributed by atoms with van der Waals surface area (Å²) in [6.45, 7) is 4.30. The van der Waals surface area contributed by atoms with Crippen molar-refractivity contribution in [3.63, 3.8) is 0 Å². The molecule has 0 fully saturated rings. The molecule has 0 radical (unpaired) electrons. The standard InChI is InChI=1S/C10H12N4O3/c1-3-16-10(15)8-4-11-14(5-8)6-9-7(2)12-17-13-9/h4-5H,3,6H2,1-2H3. The summed E-state index contributed by atoms with van der Waals surface area (Å²) in [6.07, 6.45) is 3.06. The second-order valence-electron chi connectivity index (χ2n) is 3.44. The van der Waals surface area contributed by atoms with E-state index in [9.17, 15) is 4.79 Å². The Morgan fingerprint density at radius 3 is 3.00 bits per heavy atom. The molecule has 0 bridgehead atoms. The number of nitrogens with zero attached hydrogens (tertiary/aromatic N) is 4. The third-order valence-corrected chi connectivity index (χ3v) is 2.20. The summed E-state index contributed by atoms with van der Waals surface area (Å²) in [5, 5.41) is 11.4. The third-order valence-electron chi connectivity index (χ3n) is 2.20. The van der Waals surface area contributed by atoms with Crippen LogP contribution in [-0.2, 0) is 11.3 Å². The SMILES string of the molecule is CCOC(=O)c1cnn(Cc2nonc2C)c1. The van der Waals surface area contributed by atoms with Crippen LogP contribution in [0, 0.1) is 6.92 Å². The molecular weight excluding hydrogens is 224 g/mol. The third kappa shape index (κ3) is 2.49. The lowest BCUT2D eigenvalue weighted by molar-refractivity contribution is 0.0526. The van der Waals surface area contributed by atoms with Crippen molar-refractivity contribution in [2.75, 3.05) is 6.61 Å². The quantitative estimate of drug-likeness (QED) is 0.730. The van der Waals surface area contributed by atoms with E-state index in [-0.39, 0.29) is 5.97 Å². The summed E-state index contributed by atoms with van der Waals surface area (Å²) in [5.74, 6) is -0.381. The molecule has 0 amide bonds. The van der Waals surface area contributed by atoms with E-state index in [1.807, 2.05) is 0 Å². The van der Waals surface area contributed by atoms with Gasteiger partial charge in [0.2, 0.25) is 0 Å². The largest absolute Gasteiger partial charge is 0.462 e.